The molecule has 1 atom stereocenters. The molecule has 21 heavy (non-hydrogen) atoms. The maximum Gasteiger partial charge on any atom is 0.119 e. The molecule has 1 saturated heterocycles. The van der Waals surface area contributed by atoms with Crippen molar-refractivity contribution in [1.29, 1.82) is 5.26 Å². The highest BCUT2D eigenvalue weighted by Crippen LogP contribution is 2.16. The normalized spacial score (nSPS) is 17.6. The smallest absolute Gasteiger partial charge is 0.119 e. The van der Waals surface area contributed by atoms with Crippen molar-refractivity contribution in [3.8, 4) is 11.8 Å². The average Bonchev–Trinajstić information content (AvgIpc) is 3.03. The van der Waals surface area contributed by atoms with Crippen molar-refractivity contribution in [3.05, 3.63) is 29.8 Å². The van der Waals surface area contributed by atoms with Gasteiger partial charge < -0.3 is 14.8 Å². The molecule has 1 aliphatic rings. The summed E-state index contributed by atoms with van der Waals surface area (Å²) in [6.45, 7) is 3.33. The second-order valence-corrected chi connectivity index (χ2v) is 5.38. The van der Waals surface area contributed by atoms with Crippen LogP contribution in [0.1, 0.15) is 37.7 Å². The molecule has 1 N–H and O–H groups in total. The molecule has 0 radical (unpaired) electrons. The predicted molar refractivity (Wildman–Crippen MR) is 82.1 cm³/mol. The predicted octanol–water partition coefficient (Wildman–Crippen LogP) is 3.03. The third-order valence-electron chi connectivity index (χ3n) is 3.60. The van der Waals surface area contributed by atoms with E-state index in [1.165, 1.54) is 5.56 Å². The third-order valence-corrected chi connectivity index (χ3v) is 3.60. The first-order valence-corrected chi connectivity index (χ1v) is 7.79. The molecular weight excluding hydrogens is 264 g/mol. The number of nitrogens with one attached hydrogen (secondary N) is 1. The molecular formula is C17H24N2O2. The van der Waals surface area contributed by atoms with Crippen molar-refractivity contribution in [1.82, 2.24) is 5.32 Å². The molecule has 1 unspecified atom stereocenters. The zero-order chi connectivity index (χ0) is 14.8. The van der Waals surface area contributed by atoms with E-state index >= 15 is 0 Å². The Balaban J connectivity index is 1.61. The van der Waals surface area contributed by atoms with Crippen LogP contribution in [0.4, 0.5) is 0 Å². The fourth-order valence-corrected chi connectivity index (χ4v) is 2.36. The van der Waals surface area contributed by atoms with E-state index in [1.807, 2.05) is 12.1 Å². The van der Waals surface area contributed by atoms with Crippen LogP contribution in [0.2, 0.25) is 0 Å². The molecule has 0 saturated carbocycles. The van der Waals surface area contributed by atoms with Crippen LogP contribution in [0.5, 0.6) is 5.75 Å². The molecule has 1 aromatic carbocycles. The lowest BCUT2D eigenvalue weighted by Gasteiger charge is -2.12. The van der Waals surface area contributed by atoms with Crippen LogP contribution in [0, 0.1) is 11.3 Å². The standard InChI is InChI=1S/C17H24N2O2/c18-10-2-1-3-11-19-13-15-6-8-16(9-7-15)21-14-17-5-4-12-20-17/h6-9,17,19H,1-5,11-14H2. The van der Waals surface area contributed by atoms with Gasteiger partial charge in [-0.2, -0.15) is 5.26 Å². The van der Waals surface area contributed by atoms with Crippen LogP contribution >= 0.6 is 0 Å². The fourth-order valence-electron chi connectivity index (χ4n) is 2.36. The van der Waals surface area contributed by atoms with E-state index in [2.05, 4.69) is 23.5 Å². The van der Waals surface area contributed by atoms with Crippen molar-refractivity contribution >= 4 is 0 Å². The largest absolute Gasteiger partial charge is 0.491 e. The number of unbranched alkanes of at least 4 members (excludes halogenated alkanes) is 2. The summed E-state index contributed by atoms with van der Waals surface area (Å²) < 4.78 is 11.3. The van der Waals surface area contributed by atoms with Gasteiger partial charge in [-0.25, -0.2) is 0 Å². The first kappa shape index (κ1) is 15.8. The molecule has 1 aliphatic heterocycles. The monoisotopic (exact) mass is 288 g/mol. The molecule has 1 heterocycles. The lowest BCUT2D eigenvalue weighted by atomic mass is 10.2. The summed E-state index contributed by atoms with van der Waals surface area (Å²) in [6, 6.07) is 10.4. The molecule has 1 aromatic rings. The van der Waals surface area contributed by atoms with Gasteiger partial charge in [-0.05, 0) is 49.9 Å². The van der Waals surface area contributed by atoms with Gasteiger partial charge in [0.25, 0.3) is 0 Å². The minimum Gasteiger partial charge on any atom is -0.491 e. The molecule has 0 amide bonds. The van der Waals surface area contributed by atoms with Crippen LogP contribution < -0.4 is 10.1 Å². The Hall–Kier alpha value is -1.57. The molecule has 0 spiro atoms. The maximum atomic E-state index is 8.45. The summed E-state index contributed by atoms with van der Waals surface area (Å²) in [5.41, 5.74) is 1.25. The second kappa shape index (κ2) is 9.38. The van der Waals surface area contributed by atoms with E-state index in [0.717, 1.165) is 51.1 Å². The number of nitrogens with zero attached hydrogens (tertiary/aromatic N) is 1. The highest BCUT2D eigenvalue weighted by atomic mass is 16.5. The Morgan fingerprint density at radius 3 is 2.86 bits per heavy atom. The van der Waals surface area contributed by atoms with Crippen molar-refractivity contribution < 1.29 is 9.47 Å². The summed E-state index contributed by atoms with van der Waals surface area (Å²) in [4.78, 5) is 0. The summed E-state index contributed by atoms with van der Waals surface area (Å²) in [5, 5.41) is 11.8. The highest BCUT2D eigenvalue weighted by molar-refractivity contribution is 5.27. The Bertz CT molecular complexity index is 433. The molecule has 4 heteroatoms. The molecule has 4 nitrogen and oxygen atoms in total. The Labute approximate surface area is 127 Å². The van der Waals surface area contributed by atoms with Crippen molar-refractivity contribution in [2.24, 2.45) is 0 Å². The SMILES string of the molecule is N#CCCCCNCc1ccc(OCC2CCCO2)cc1. The van der Waals surface area contributed by atoms with E-state index < -0.39 is 0 Å². The number of ether oxygens (including phenoxy) is 2. The molecule has 0 aromatic heterocycles. The zero-order valence-electron chi connectivity index (χ0n) is 12.5. The van der Waals surface area contributed by atoms with Crippen molar-refractivity contribution in [2.45, 2.75) is 44.8 Å². The highest BCUT2D eigenvalue weighted by Gasteiger charge is 2.15. The number of nitriles is 1. The van der Waals surface area contributed by atoms with Crippen LogP contribution in [0.3, 0.4) is 0 Å². The van der Waals surface area contributed by atoms with Gasteiger partial charge in [-0.1, -0.05) is 12.1 Å². The lowest BCUT2D eigenvalue weighted by Crippen LogP contribution is -2.16. The fraction of sp³-hybridized carbons (Fsp3) is 0.588. The van der Waals surface area contributed by atoms with E-state index in [4.69, 9.17) is 14.7 Å². The van der Waals surface area contributed by atoms with Gasteiger partial charge in [0.2, 0.25) is 0 Å². The third kappa shape index (κ3) is 6.16. The Kier molecular flexibility index (Phi) is 7.06. The number of rotatable bonds is 9. The quantitative estimate of drug-likeness (QED) is 0.710. The van der Waals surface area contributed by atoms with Crippen LogP contribution in [0.15, 0.2) is 24.3 Å². The summed E-state index contributed by atoms with van der Waals surface area (Å²) in [5.74, 6) is 0.906. The molecule has 1 fully saturated rings. The molecule has 0 bridgehead atoms. The van der Waals surface area contributed by atoms with E-state index in [0.29, 0.717) is 13.0 Å². The maximum absolute atomic E-state index is 8.45. The van der Waals surface area contributed by atoms with Gasteiger partial charge in [0.1, 0.15) is 12.4 Å². The summed E-state index contributed by atoms with van der Waals surface area (Å²) in [7, 11) is 0. The average molecular weight is 288 g/mol. The van der Waals surface area contributed by atoms with Crippen LogP contribution in [0.25, 0.3) is 0 Å². The Morgan fingerprint density at radius 1 is 1.29 bits per heavy atom. The minimum atomic E-state index is 0.264. The van der Waals surface area contributed by atoms with Crippen molar-refractivity contribution in [3.63, 3.8) is 0 Å². The molecule has 0 aliphatic carbocycles. The number of benzene rings is 1. The minimum absolute atomic E-state index is 0.264. The Morgan fingerprint density at radius 2 is 2.14 bits per heavy atom. The first-order valence-electron chi connectivity index (χ1n) is 7.79. The van der Waals surface area contributed by atoms with Crippen molar-refractivity contribution in [2.75, 3.05) is 19.8 Å². The number of hydrogen-bond donors (Lipinski definition) is 1. The van der Waals surface area contributed by atoms with Gasteiger partial charge in [0.15, 0.2) is 0 Å². The molecule has 114 valence electrons. The van der Waals surface area contributed by atoms with Gasteiger partial charge in [-0.3, -0.25) is 0 Å². The van der Waals surface area contributed by atoms with E-state index in [-0.39, 0.29) is 6.10 Å². The summed E-state index contributed by atoms with van der Waals surface area (Å²) >= 11 is 0. The topological polar surface area (TPSA) is 54.3 Å². The number of hydrogen-bond acceptors (Lipinski definition) is 4. The van der Waals surface area contributed by atoms with Gasteiger partial charge in [0.05, 0.1) is 12.2 Å². The van der Waals surface area contributed by atoms with Gasteiger partial charge >= 0.3 is 0 Å². The van der Waals surface area contributed by atoms with Crippen LogP contribution in [-0.2, 0) is 11.3 Å². The van der Waals surface area contributed by atoms with Gasteiger partial charge in [0, 0.05) is 19.6 Å². The van der Waals surface area contributed by atoms with Gasteiger partial charge in [-0.15, -0.1) is 0 Å². The second-order valence-electron chi connectivity index (χ2n) is 5.38. The van der Waals surface area contributed by atoms with Crippen LogP contribution in [-0.4, -0.2) is 25.9 Å². The zero-order valence-corrected chi connectivity index (χ0v) is 12.5. The molecule has 2 rings (SSSR count). The van der Waals surface area contributed by atoms with E-state index in [9.17, 15) is 0 Å². The lowest BCUT2D eigenvalue weighted by molar-refractivity contribution is 0.0679. The van der Waals surface area contributed by atoms with E-state index in [1.54, 1.807) is 0 Å². The first-order chi connectivity index (χ1) is 10.4. The summed E-state index contributed by atoms with van der Waals surface area (Å²) in [6.07, 6.45) is 5.19.